The summed E-state index contributed by atoms with van der Waals surface area (Å²) in [6.45, 7) is 5.38. The molecule has 1 amide bonds. The smallest absolute Gasteiger partial charge is 0.262 e. The van der Waals surface area contributed by atoms with Crippen molar-refractivity contribution in [2.24, 2.45) is 0 Å². The molecule has 2 aromatic rings. The van der Waals surface area contributed by atoms with Crippen LogP contribution in [0, 0.1) is 13.8 Å². The Labute approximate surface area is 159 Å². The number of amides is 1. The Morgan fingerprint density at radius 2 is 1.81 bits per heavy atom. The highest BCUT2D eigenvalue weighted by Crippen LogP contribution is 2.29. The third-order valence-electron chi connectivity index (χ3n) is 3.98. The van der Waals surface area contributed by atoms with Crippen molar-refractivity contribution >= 4 is 27.3 Å². The first-order chi connectivity index (χ1) is 12.7. The van der Waals surface area contributed by atoms with E-state index in [2.05, 4.69) is 10.0 Å². The predicted molar refractivity (Wildman–Crippen MR) is 106 cm³/mol. The van der Waals surface area contributed by atoms with Crippen LogP contribution >= 0.6 is 0 Å². The average molecular weight is 392 g/mol. The summed E-state index contributed by atoms with van der Waals surface area (Å²) in [5, 5.41) is 2.70. The van der Waals surface area contributed by atoms with Crippen LogP contribution in [-0.2, 0) is 14.8 Å². The molecule has 0 aliphatic rings. The van der Waals surface area contributed by atoms with E-state index in [1.807, 2.05) is 32.0 Å². The van der Waals surface area contributed by atoms with E-state index in [1.165, 1.54) is 13.2 Å². The monoisotopic (exact) mass is 392 g/mol. The Hall–Kier alpha value is -2.74. The molecule has 0 aliphatic heterocycles. The number of carbonyl (C=O) groups excluding carboxylic acids is 1. The van der Waals surface area contributed by atoms with Gasteiger partial charge in [-0.05, 0) is 56.2 Å². The zero-order valence-corrected chi connectivity index (χ0v) is 16.6. The molecule has 0 atom stereocenters. The number of nitrogens with one attached hydrogen (secondary N) is 2. The summed E-state index contributed by atoms with van der Waals surface area (Å²) in [6, 6.07) is 10.3. The quantitative estimate of drug-likeness (QED) is 0.720. The predicted octanol–water partition coefficient (Wildman–Crippen LogP) is 3.09. The summed E-state index contributed by atoms with van der Waals surface area (Å²) < 4.78 is 36.6. The summed E-state index contributed by atoms with van der Waals surface area (Å²) >= 11 is 0. The van der Waals surface area contributed by atoms with Gasteiger partial charge in [0.05, 0.1) is 18.6 Å². The Kier molecular flexibility index (Phi) is 6.68. The highest BCUT2D eigenvalue weighted by atomic mass is 32.2. The maximum Gasteiger partial charge on any atom is 0.262 e. The second kappa shape index (κ2) is 8.77. The highest BCUT2D eigenvalue weighted by molar-refractivity contribution is 7.92. The van der Waals surface area contributed by atoms with Gasteiger partial charge in [0.15, 0.2) is 6.61 Å². The molecule has 0 saturated carbocycles. The van der Waals surface area contributed by atoms with Gasteiger partial charge < -0.3 is 14.8 Å². The molecule has 27 heavy (non-hydrogen) atoms. The molecule has 146 valence electrons. The van der Waals surface area contributed by atoms with Gasteiger partial charge in [0.25, 0.3) is 5.91 Å². The minimum absolute atomic E-state index is 0.0511. The van der Waals surface area contributed by atoms with Gasteiger partial charge in [-0.2, -0.15) is 0 Å². The fourth-order valence-electron chi connectivity index (χ4n) is 2.24. The molecule has 7 nitrogen and oxygen atoms in total. The van der Waals surface area contributed by atoms with E-state index in [-0.39, 0.29) is 18.3 Å². The zero-order valence-electron chi connectivity index (χ0n) is 15.8. The third kappa shape index (κ3) is 5.89. The van der Waals surface area contributed by atoms with Crippen LogP contribution in [0.3, 0.4) is 0 Å². The maximum absolute atomic E-state index is 12.1. The minimum Gasteiger partial charge on any atom is -0.494 e. The molecule has 2 N–H and O–H groups in total. The number of hydrogen-bond acceptors (Lipinski definition) is 5. The minimum atomic E-state index is -3.42. The number of sulfonamides is 1. The molecule has 0 aliphatic carbocycles. The van der Waals surface area contributed by atoms with Gasteiger partial charge in [0.1, 0.15) is 11.5 Å². The molecule has 2 aromatic carbocycles. The molecular formula is C19H24N2O5S. The van der Waals surface area contributed by atoms with E-state index >= 15 is 0 Å². The molecule has 0 spiro atoms. The van der Waals surface area contributed by atoms with Crippen molar-refractivity contribution in [2.45, 2.75) is 20.8 Å². The van der Waals surface area contributed by atoms with E-state index in [9.17, 15) is 13.2 Å². The summed E-state index contributed by atoms with van der Waals surface area (Å²) in [6.07, 6.45) is 0. The standard InChI is InChI=1S/C19H24N2O5S/c1-5-27(23,24)21-17-9-7-15(11-18(17)25-4)20-19(22)12-26-16-8-6-13(2)14(3)10-16/h6-11,21H,5,12H2,1-4H3,(H,20,22). The number of carbonyl (C=O) groups is 1. The molecular weight excluding hydrogens is 368 g/mol. The number of rotatable bonds is 8. The third-order valence-corrected chi connectivity index (χ3v) is 5.27. The van der Waals surface area contributed by atoms with E-state index in [0.29, 0.717) is 22.9 Å². The Balaban J connectivity index is 2.01. The zero-order chi connectivity index (χ0) is 20.0. The van der Waals surface area contributed by atoms with Crippen LogP contribution in [0.25, 0.3) is 0 Å². The van der Waals surface area contributed by atoms with Crippen molar-refractivity contribution in [1.82, 2.24) is 0 Å². The fraction of sp³-hybridized carbons (Fsp3) is 0.316. The van der Waals surface area contributed by atoms with Crippen LogP contribution in [0.2, 0.25) is 0 Å². The fourth-order valence-corrected chi connectivity index (χ4v) is 2.89. The van der Waals surface area contributed by atoms with Gasteiger partial charge in [-0.1, -0.05) is 6.07 Å². The number of ether oxygens (including phenoxy) is 2. The van der Waals surface area contributed by atoms with Gasteiger partial charge in [-0.3, -0.25) is 9.52 Å². The molecule has 2 rings (SSSR count). The summed E-state index contributed by atoms with van der Waals surface area (Å²) in [5.41, 5.74) is 3.02. The second-order valence-corrected chi connectivity index (χ2v) is 8.01. The number of methoxy groups -OCH3 is 1. The van der Waals surface area contributed by atoms with Gasteiger partial charge in [0, 0.05) is 11.8 Å². The van der Waals surface area contributed by atoms with Crippen LogP contribution < -0.4 is 19.5 Å². The van der Waals surface area contributed by atoms with Gasteiger partial charge in [-0.25, -0.2) is 8.42 Å². The van der Waals surface area contributed by atoms with E-state index in [1.54, 1.807) is 19.1 Å². The van der Waals surface area contributed by atoms with Crippen molar-refractivity contribution in [2.75, 3.05) is 29.5 Å². The van der Waals surface area contributed by atoms with Crippen molar-refractivity contribution in [1.29, 1.82) is 0 Å². The molecule has 0 bridgehead atoms. The Morgan fingerprint density at radius 1 is 1.07 bits per heavy atom. The van der Waals surface area contributed by atoms with Crippen molar-refractivity contribution in [3.63, 3.8) is 0 Å². The first-order valence-electron chi connectivity index (χ1n) is 8.42. The van der Waals surface area contributed by atoms with E-state index < -0.39 is 10.0 Å². The lowest BCUT2D eigenvalue weighted by Crippen LogP contribution is -2.20. The van der Waals surface area contributed by atoms with Crippen LogP contribution in [0.5, 0.6) is 11.5 Å². The molecule has 0 fully saturated rings. The number of hydrogen-bond donors (Lipinski definition) is 2. The SMILES string of the molecule is CCS(=O)(=O)Nc1ccc(NC(=O)COc2ccc(C)c(C)c2)cc1OC. The highest BCUT2D eigenvalue weighted by Gasteiger charge is 2.13. The van der Waals surface area contributed by atoms with Crippen molar-refractivity contribution in [3.8, 4) is 11.5 Å². The largest absolute Gasteiger partial charge is 0.494 e. The second-order valence-electron chi connectivity index (χ2n) is 6.00. The molecule has 0 radical (unpaired) electrons. The van der Waals surface area contributed by atoms with E-state index in [4.69, 9.17) is 9.47 Å². The Bertz CT molecular complexity index is 926. The Morgan fingerprint density at radius 3 is 2.44 bits per heavy atom. The first-order valence-corrected chi connectivity index (χ1v) is 10.1. The van der Waals surface area contributed by atoms with Crippen LogP contribution in [0.15, 0.2) is 36.4 Å². The van der Waals surface area contributed by atoms with Crippen LogP contribution in [-0.4, -0.2) is 33.8 Å². The van der Waals surface area contributed by atoms with Gasteiger partial charge in [-0.15, -0.1) is 0 Å². The number of benzene rings is 2. The van der Waals surface area contributed by atoms with Crippen molar-refractivity contribution < 1.29 is 22.7 Å². The van der Waals surface area contributed by atoms with Crippen LogP contribution in [0.4, 0.5) is 11.4 Å². The number of aryl methyl sites for hydroxylation is 2. The number of anilines is 2. The topological polar surface area (TPSA) is 93.7 Å². The molecule has 0 unspecified atom stereocenters. The molecule has 0 heterocycles. The lowest BCUT2D eigenvalue weighted by Gasteiger charge is -2.13. The van der Waals surface area contributed by atoms with Gasteiger partial charge in [0.2, 0.25) is 10.0 Å². The normalized spacial score (nSPS) is 11.0. The summed E-state index contributed by atoms with van der Waals surface area (Å²) in [5.74, 6) is 0.539. The van der Waals surface area contributed by atoms with Crippen molar-refractivity contribution in [3.05, 3.63) is 47.5 Å². The lowest BCUT2D eigenvalue weighted by molar-refractivity contribution is -0.118. The molecule has 0 saturated heterocycles. The van der Waals surface area contributed by atoms with Gasteiger partial charge >= 0.3 is 0 Å². The summed E-state index contributed by atoms with van der Waals surface area (Å²) in [7, 11) is -2.00. The van der Waals surface area contributed by atoms with E-state index in [0.717, 1.165) is 11.1 Å². The summed E-state index contributed by atoms with van der Waals surface area (Å²) in [4.78, 5) is 12.1. The maximum atomic E-state index is 12.1. The molecule has 0 aromatic heterocycles. The lowest BCUT2D eigenvalue weighted by atomic mass is 10.1. The first kappa shape index (κ1) is 20.6. The average Bonchev–Trinajstić information content (AvgIpc) is 2.63. The van der Waals surface area contributed by atoms with Crippen LogP contribution in [0.1, 0.15) is 18.1 Å². The molecule has 8 heteroatoms.